The van der Waals surface area contributed by atoms with Gasteiger partial charge in [-0.1, -0.05) is 36.3 Å². The molecule has 1 aliphatic rings. The lowest BCUT2D eigenvalue weighted by Crippen LogP contribution is -2.35. The van der Waals surface area contributed by atoms with E-state index in [0.29, 0.717) is 36.8 Å². The van der Waals surface area contributed by atoms with Gasteiger partial charge in [-0.25, -0.2) is 18.5 Å². The Labute approximate surface area is 233 Å². The number of hydrogen-bond donors (Lipinski definition) is 1. The van der Waals surface area contributed by atoms with Crippen molar-refractivity contribution < 1.29 is 27.0 Å². The van der Waals surface area contributed by atoms with Crippen LogP contribution in [0.5, 0.6) is 0 Å². The molecule has 1 aliphatic heterocycles. The predicted octanol–water partition coefficient (Wildman–Crippen LogP) is 4.27. The average molecular weight is 560 g/mol. The molecular formula is C30H29N3O6S. The minimum atomic E-state index is -3.81. The van der Waals surface area contributed by atoms with Gasteiger partial charge in [0.15, 0.2) is 5.76 Å². The highest BCUT2D eigenvalue weighted by Crippen LogP contribution is 2.35. The third-order valence-corrected chi connectivity index (χ3v) is 7.70. The molecule has 0 bridgehead atoms. The van der Waals surface area contributed by atoms with Crippen LogP contribution in [0, 0.1) is 11.8 Å². The first kappa shape index (κ1) is 27.7. The summed E-state index contributed by atoms with van der Waals surface area (Å²) in [5.74, 6) is 6.58. The molecule has 206 valence electrons. The predicted molar refractivity (Wildman–Crippen MR) is 148 cm³/mol. The van der Waals surface area contributed by atoms with Crippen LogP contribution in [0.15, 0.2) is 82.4 Å². The molecular weight excluding hydrogens is 530 g/mol. The highest BCUT2D eigenvalue weighted by Gasteiger charge is 2.34. The van der Waals surface area contributed by atoms with Crippen LogP contribution in [0.3, 0.4) is 0 Å². The fourth-order valence-corrected chi connectivity index (χ4v) is 5.13. The van der Waals surface area contributed by atoms with Crippen LogP contribution in [-0.4, -0.2) is 45.3 Å². The first-order valence-corrected chi connectivity index (χ1v) is 14.3. The normalized spacial score (nSPS) is 14.8. The highest BCUT2D eigenvalue weighted by atomic mass is 32.2. The molecule has 5 rings (SSSR count). The van der Waals surface area contributed by atoms with Gasteiger partial charge in [-0.15, -0.1) is 0 Å². The summed E-state index contributed by atoms with van der Waals surface area (Å²) in [5.41, 5.74) is 3.63. The molecule has 0 atom stereocenters. The maximum atomic E-state index is 11.7. The summed E-state index contributed by atoms with van der Waals surface area (Å²) >= 11 is 0. The van der Waals surface area contributed by atoms with E-state index in [-0.39, 0.29) is 23.0 Å². The summed E-state index contributed by atoms with van der Waals surface area (Å²) in [7, 11) is -2.08. The fraction of sp³-hybridized carbons (Fsp3) is 0.267. The van der Waals surface area contributed by atoms with Crippen LogP contribution in [0.4, 0.5) is 0 Å². The van der Waals surface area contributed by atoms with E-state index in [9.17, 15) is 8.42 Å². The fourth-order valence-electron chi connectivity index (χ4n) is 4.62. The number of methoxy groups -OCH3 is 1. The maximum Gasteiger partial charge on any atom is 0.274 e. The summed E-state index contributed by atoms with van der Waals surface area (Å²) in [6.45, 7) is 1.81. The van der Waals surface area contributed by atoms with Crippen molar-refractivity contribution in [2.45, 2.75) is 29.9 Å². The van der Waals surface area contributed by atoms with Crippen molar-refractivity contribution in [3.8, 4) is 34.4 Å². The molecule has 0 unspecified atom stereocenters. The van der Waals surface area contributed by atoms with Crippen molar-refractivity contribution >= 4 is 10.0 Å². The van der Waals surface area contributed by atoms with Gasteiger partial charge < -0.3 is 18.6 Å². The average Bonchev–Trinajstić information content (AvgIpc) is 3.42. The molecule has 0 aliphatic carbocycles. The maximum absolute atomic E-state index is 11.7. The van der Waals surface area contributed by atoms with Gasteiger partial charge in [0.1, 0.15) is 12.3 Å². The second kappa shape index (κ2) is 12.1. The second-order valence-electron chi connectivity index (χ2n) is 9.32. The summed E-state index contributed by atoms with van der Waals surface area (Å²) in [6.07, 6.45) is 5.17. The Morgan fingerprint density at radius 3 is 2.48 bits per heavy atom. The van der Waals surface area contributed by atoms with E-state index in [2.05, 4.69) is 27.9 Å². The van der Waals surface area contributed by atoms with Crippen LogP contribution < -0.4 is 5.14 Å². The zero-order valence-electron chi connectivity index (χ0n) is 22.0. The summed E-state index contributed by atoms with van der Waals surface area (Å²) in [4.78, 5) is 8.99. The number of ether oxygens (including phenoxy) is 3. The number of oxazole rings is 1. The van der Waals surface area contributed by atoms with Crippen molar-refractivity contribution in [2.75, 3.05) is 26.9 Å². The Balaban J connectivity index is 1.30. The molecule has 1 fully saturated rings. The molecule has 3 heterocycles. The van der Waals surface area contributed by atoms with Crippen LogP contribution in [0.2, 0.25) is 0 Å². The summed E-state index contributed by atoms with van der Waals surface area (Å²) in [5, 5.41) is 5.23. The van der Waals surface area contributed by atoms with Crippen LogP contribution >= 0.6 is 0 Å². The van der Waals surface area contributed by atoms with Crippen molar-refractivity contribution in [1.29, 1.82) is 0 Å². The number of benzene rings is 2. The third-order valence-electron chi connectivity index (χ3n) is 6.77. The van der Waals surface area contributed by atoms with E-state index >= 15 is 0 Å². The smallest absolute Gasteiger partial charge is 0.274 e. The van der Waals surface area contributed by atoms with Gasteiger partial charge in [-0.3, -0.25) is 4.98 Å². The van der Waals surface area contributed by atoms with E-state index in [4.69, 9.17) is 23.8 Å². The number of primary sulfonamides is 1. The number of pyridine rings is 1. The standard InChI is InChI=1S/C30H29N3O6S/c1-36-30(13-16-37-17-14-30)25-18-22(19-32-20-25)21-38-15-5-8-27-33-28(23-6-3-2-4-7-23)29(39-27)24-9-11-26(12-10-24)40(31,34)35/h2-4,6-7,9-12,18-20H,13-17,21H2,1H3,(H2,31,34,35). The van der Waals surface area contributed by atoms with Crippen molar-refractivity contribution in [3.05, 3.63) is 90.1 Å². The van der Waals surface area contributed by atoms with E-state index in [1.165, 1.54) is 12.1 Å². The van der Waals surface area contributed by atoms with Gasteiger partial charge >= 0.3 is 0 Å². The molecule has 0 saturated carbocycles. The minimum Gasteiger partial charge on any atom is -0.429 e. The number of nitrogens with zero attached hydrogens (tertiary/aromatic N) is 2. The van der Waals surface area contributed by atoms with E-state index in [1.54, 1.807) is 25.4 Å². The minimum absolute atomic E-state index is 0.0140. The monoisotopic (exact) mass is 559 g/mol. The molecule has 0 radical (unpaired) electrons. The zero-order valence-corrected chi connectivity index (χ0v) is 22.8. The first-order chi connectivity index (χ1) is 19.4. The Morgan fingerprint density at radius 2 is 1.77 bits per heavy atom. The number of sulfonamides is 1. The SMILES string of the molecule is COC1(c2cncc(COCC#Cc3nc(-c4ccccc4)c(-c4ccc(S(N)(=O)=O)cc4)o3)c2)CCOCC1. The molecule has 2 aromatic carbocycles. The number of nitrogens with two attached hydrogens (primary N) is 1. The molecule has 1 saturated heterocycles. The van der Waals surface area contributed by atoms with Crippen LogP contribution in [0.1, 0.15) is 29.9 Å². The summed E-state index contributed by atoms with van der Waals surface area (Å²) in [6, 6.07) is 17.7. The lowest BCUT2D eigenvalue weighted by molar-refractivity contribution is -0.0950. The quantitative estimate of drug-likeness (QED) is 0.251. The molecule has 10 heteroatoms. The van der Waals surface area contributed by atoms with Crippen molar-refractivity contribution in [2.24, 2.45) is 5.14 Å². The topological polar surface area (TPSA) is 127 Å². The van der Waals surface area contributed by atoms with Crippen molar-refractivity contribution in [3.63, 3.8) is 0 Å². The Bertz CT molecular complexity index is 1620. The Morgan fingerprint density at radius 1 is 1.02 bits per heavy atom. The van der Waals surface area contributed by atoms with Crippen LogP contribution in [-0.2, 0) is 36.4 Å². The Hall–Kier alpha value is -3.85. The highest BCUT2D eigenvalue weighted by molar-refractivity contribution is 7.89. The van der Waals surface area contributed by atoms with Gasteiger partial charge in [-0.05, 0) is 41.8 Å². The lowest BCUT2D eigenvalue weighted by Gasteiger charge is -2.36. The third kappa shape index (κ3) is 6.31. The van der Waals surface area contributed by atoms with E-state index in [0.717, 1.165) is 29.5 Å². The molecule has 40 heavy (non-hydrogen) atoms. The molecule has 2 N–H and O–H groups in total. The van der Waals surface area contributed by atoms with Crippen LogP contribution in [0.25, 0.3) is 22.6 Å². The van der Waals surface area contributed by atoms with Crippen molar-refractivity contribution in [1.82, 2.24) is 9.97 Å². The summed E-state index contributed by atoms with van der Waals surface area (Å²) < 4.78 is 46.5. The molecule has 9 nitrogen and oxygen atoms in total. The van der Waals surface area contributed by atoms with Gasteiger partial charge in [0, 0.05) is 62.2 Å². The van der Waals surface area contributed by atoms with E-state index < -0.39 is 10.0 Å². The van der Waals surface area contributed by atoms with Gasteiger partial charge in [0.05, 0.1) is 17.1 Å². The van der Waals surface area contributed by atoms with Gasteiger partial charge in [0.25, 0.3) is 5.89 Å². The zero-order chi connectivity index (χ0) is 28.0. The first-order valence-electron chi connectivity index (χ1n) is 12.7. The number of rotatable bonds is 8. The van der Waals surface area contributed by atoms with E-state index in [1.807, 2.05) is 36.5 Å². The second-order valence-corrected chi connectivity index (χ2v) is 10.9. The molecule has 0 spiro atoms. The number of aromatic nitrogens is 2. The largest absolute Gasteiger partial charge is 0.429 e. The number of hydrogen-bond acceptors (Lipinski definition) is 8. The lowest BCUT2D eigenvalue weighted by atomic mass is 9.86. The molecule has 2 aromatic heterocycles. The molecule has 4 aromatic rings. The van der Waals surface area contributed by atoms with Gasteiger partial charge in [-0.2, -0.15) is 0 Å². The van der Waals surface area contributed by atoms with Gasteiger partial charge in [0.2, 0.25) is 10.0 Å². The molecule has 0 amide bonds. The Kier molecular flexibility index (Phi) is 8.40.